The van der Waals surface area contributed by atoms with Crippen molar-refractivity contribution >= 4 is 95.0 Å². The number of rotatable bonds is 40. The Labute approximate surface area is 675 Å². The summed E-state index contributed by atoms with van der Waals surface area (Å²) in [5.74, 6) is -17.4. The highest BCUT2D eigenvalue weighted by Gasteiger charge is 2.75. The Kier molecular flexibility index (Phi) is 36.7. The molecule has 3 aliphatic rings. The summed E-state index contributed by atoms with van der Waals surface area (Å²) in [5, 5.41) is 32.3. The first kappa shape index (κ1) is 101. The Hall–Kier alpha value is -8.68. The van der Waals surface area contributed by atoms with Crippen molar-refractivity contribution in [3.63, 3.8) is 0 Å². The molecule has 0 bridgehead atoms. The zero-order valence-electron chi connectivity index (χ0n) is 72.0. The number of ether oxygens (including phenoxy) is 11. The van der Waals surface area contributed by atoms with Gasteiger partial charge in [-0.3, -0.25) is 52.7 Å². The summed E-state index contributed by atoms with van der Waals surface area (Å²) in [6.45, 7) is 36.8. The Morgan fingerprint density at radius 2 is 0.974 bits per heavy atom. The average Bonchev–Trinajstić information content (AvgIpc) is 1.53. The smallest absolute Gasteiger partial charge is 0.408 e. The van der Waals surface area contributed by atoms with E-state index in [1.165, 1.54) is 67.5 Å². The molecule has 0 aromatic heterocycles. The summed E-state index contributed by atoms with van der Waals surface area (Å²) >= 11 is 0. The number of ketones is 3. The van der Waals surface area contributed by atoms with Gasteiger partial charge in [0.15, 0.2) is 29.5 Å². The predicted molar refractivity (Wildman–Crippen MR) is 413 cm³/mol. The second kappa shape index (κ2) is 41.9. The lowest BCUT2D eigenvalue weighted by atomic mass is 9.75. The number of amides is 3. The van der Waals surface area contributed by atoms with Crippen molar-refractivity contribution < 1.29 is 139 Å². The first-order valence-corrected chi connectivity index (χ1v) is 39.6. The van der Waals surface area contributed by atoms with Crippen molar-refractivity contribution in [2.24, 2.45) is 17.8 Å². The summed E-state index contributed by atoms with van der Waals surface area (Å²) in [7, 11) is 0. The highest BCUT2D eigenvalue weighted by atomic mass is 16.6. The van der Waals surface area contributed by atoms with E-state index in [4.69, 9.17) is 52.1 Å². The van der Waals surface area contributed by atoms with E-state index in [0.29, 0.717) is 12.8 Å². The number of carbonyl (C=O) groups excluding carboxylic acids is 16. The summed E-state index contributed by atoms with van der Waals surface area (Å²) in [4.78, 5) is 220. The molecule has 5 N–H and O–H groups in total. The highest BCUT2D eigenvalue weighted by Crippen LogP contribution is 2.56. The van der Waals surface area contributed by atoms with Gasteiger partial charge in [-0.05, 0) is 196 Å². The maximum absolute atomic E-state index is 14.6. The van der Waals surface area contributed by atoms with Gasteiger partial charge in [-0.15, -0.1) is 0 Å². The van der Waals surface area contributed by atoms with Crippen molar-refractivity contribution in [1.29, 1.82) is 0 Å². The molecular weight excluding hydrogens is 1500 g/mol. The van der Waals surface area contributed by atoms with Crippen molar-refractivity contribution in [3.8, 4) is 0 Å². The average molecular weight is 1630 g/mol. The lowest BCUT2D eigenvalue weighted by molar-refractivity contribution is -0.212. The number of nitrogens with one attached hydrogen (secondary N) is 3. The minimum absolute atomic E-state index is 0.0847. The van der Waals surface area contributed by atoms with Gasteiger partial charge < -0.3 is 78.3 Å². The van der Waals surface area contributed by atoms with Crippen LogP contribution in [0.5, 0.6) is 0 Å². The molecular formula is C83H129N3O29. The number of unbranched alkanes of at least 4 members (excludes halogenated alkanes) is 4. The first-order valence-electron chi connectivity index (χ1n) is 39.6. The molecule has 2 fully saturated rings. The standard InChI is InChI=1S/C83H129N3O29/c1-25-27-28-29-30-31-61(92)107-65-58(105-68(96)47(3)26-2)45-54-64(65)81(23,109-48(4)87)46-59(83(104)66(54)108-73(101)82(83,24)103)106-62(93)41-36-53(90)44-57(86-74(102)115-80(20,21)22)67(95)85-56(72(100)114-79(17,18)19)38-35-52(89)42-49(69(97)111-76(8,9)10)32-39-60(91)84-55(71(99)113-78(14,15)16)37-34-51(88)43-50(70(98)112-77(11,12)13)33-40-63(94)110-75(5,6)7/h26,45,49-50,55-59,64-66,103-104H,25,27-44,46H2,1-24H3,(H,84,91)(H,85,95)(H,86,102)/b47-26-/t49-,50-,55+,56+,57?,58+,59+,64-,65-,66+,81+,82-,83-/m1/s1. The van der Waals surface area contributed by atoms with Crippen LogP contribution in [0.3, 0.4) is 0 Å². The molecule has 32 heteroatoms. The van der Waals surface area contributed by atoms with E-state index in [1.54, 1.807) is 90.0 Å². The van der Waals surface area contributed by atoms with Gasteiger partial charge in [0.1, 0.15) is 80.8 Å². The Balaban J connectivity index is 1.97. The molecule has 0 radical (unpaired) electrons. The third-order valence-corrected chi connectivity index (χ3v) is 18.4. The van der Waals surface area contributed by atoms with Crippen LogP contribution in [0.2, 0.25) is 0 Å². The fraction of sp³-hybridized carbons (Fsp3) is 0.759. The summed E-state index contributed by atoms with van der Waals surface area (Å²) in [6.07, 6.45) is -9.04. The second-order valence-corrected chi connectivity index (χ2v) is 36.3. The molecule has 2 aliphatic carbocycles. The van der Waals surface area contributed by atoms with Crippen LogP contribution in [0.4, 0.5) is 4.79 Å². The van der Waals surface area contributed by atoms with Crippen molar-refractivity contribution in [2.75, 3.05) is 0 Å². The molecule has 1 unspecified atom stereocenters. The van der Waals surface area contributed by atoms with E-state index in [9.17, 15) is 86.9 Å². The normalized spacial score (nSPS) is 22.3. The minimum Gasteiger partial charge on any atom is -0.460 e. The topological polar surface area (TPSA) is 451 Å². The van der Waals surface area contributed by atoms with Gasteiger partial charge in [-0.2, -0.15) is 0 Å². The molecule has 115 heavy (non-hydrogen) atoms. The number of aliphatic hydroxyl groups is 2. The van der Waals surface area contributed by atoms with E-state index < -0.39 is 257 Å². The minimum atomic E-state index is -2.97. The second-order valence-electron chi connectivity index (χ2n) is 36.3. The monoisotopic (exact) mass is 1630 g/mol. The summed E-state index contributed by atoms with van der Waals surface area (Å²) in [5.41, 5.74) is -14.2. The van der Waals surface area contributed by atoms with E-state index in [0.717, 1.165) is 33.1 Å². The lowest BCUT2D eigenvalue weighted by Gasteiger charge is -2.41. The fourth-order valence-corrected chi connectivity index (χ4v) is 13.1. The van der Waals surface area contributed by atoms with Crippen molar-refractivity contribution in [3.05, 3.63) is 23.3 Å². The van der Waals surface area contributed by atoms with Crippen LogP contribution in [0.15, 0.2) is 23.3 Å². The molecule has 0 aromatic rings. The molecule has 1 saturated carbocycles. The highest BCUT2D eigenvalue weighted by molar-refractivity contribution is 5.95. The summed E-state index contributed by atoms with van der Waals surface area (Å²) in [6, 6.07) is -5.06. The molecule has 0 aromatic carbocycles. The van der Waals surface area contributed by atoms with Crippen LogP contribution in [0, 0.1) is 17.8 Å². The number of Topliss-reactive ketones (excluding diaryl/α,β-unsaturated/α-hetero) is 3. The van der Waals surface area contributed by atoms with E-state index in [2.05, 4.69) is 16.0 Å². The third kappa shape index (κ3) is 33.8. The van der Waals surface area contributed by atoms with Gasteiger partial charge in [-0.25, -0.2) is 24.0 Å². The molecule has 32 nitrogen and oxygen atoms in total. The van der Waals surface area contributed by atoms with Crippen LogP contribution < -0.4 is 16.0 Å². The van der Waals surface area contributed by atoms with Crippen LogP contribution >= 0.6 is 0 Å². The van der Waals surface area contributed by atoms with Gasteiger partial charge in [0.2, 0.25) is 11.8 Å². The molecule has 3 amide bonds. The van der Waals surface area contributed by atoms with E-state index in [-0.39, 0.29) is 56.1 Å². The molecule has 1 aliphatic heterocycles. The van der Waals surface area contributed by atoms with E-state index >= 15 is 0 Å². The maximum atomic E-state index is 14.6. The molecule has 650 valence electrons. The van der Waals surface area contributed by atoms with Gasteiger partial charge in [0.25, 0.3) is 0 Å². The van der Waals surface area contributed by atoms with Gasteiger partial charge >= 0.3 is 65.8 Å². The van der Waals surface area contributed by atoms with Crippen LogP contribution in [-0.2, 0) is 124 Å². The maximum Gasteiger partial charge on any atom is 0.408 e. The zero-order valence-corrected chi connectivity index (χ0v) is 72.0. The lowest BCUT2D eigenvalue weighted by Crippen LogP contribution is -2.64. The number of esters is 10. The van der Waals surface area contributed by atoms with Gasteiger partial charge in [0.05, 0.1) is 24.2 Å². The Bertz CT molecular complexity index is 3580. The number of allylic oxidation sites excluding steroid dienone is 1. The Morgan fingerprint density at radius 3 is 1.45 bits per heavy atom. The molecule has 1 saturated heterocycles. The SMILES string of the molecule is C/C=C(/C)C(=O)O[C@H]1C=C2[C@H]([C@@H]1OC(=O)CCCCCCC)[C@@](C)(OC(C)=O)C[C@H](OC(=O)CCC(=O)CC(NC(=O)OC(C)(C)C)C(=O)N[C@@H](CCC(=O)C[C@@H](CCC(=O)N[C@@H](CCC(=O)C[C@@H](CCC(=O)OC(C)(C)C)C(=O)OC(C)(C)C)C(=O)OC(C)(C)C)C(=O)OC(C)(C)C)C(=O)OC(C)(C)C)[C@@]1(O)[C@H]2OC(=O)[C@@]1(C)O. The number of carbonyl (C=O) groups is 16. The fourth-order valence-electron chi connectivity index (χ4n) is 13.1. The first-order chi connectivity index (χ1) is 52.5. The molecule has 0 spiro atoms. The van der Waals surface area contributed by atoms with E-state index in [1.807, 2.05) is 6.92 Å². The summed E-state index contributed by atoms with van der Waals surface area (Å²) < 4.78 is 62.9. The zero-order chi connectivity index (χ0) is 88.1. The van der Waals surface area contributed by atoms with Crippen LogP contribution in [0.1, 0.15) is 295 Å². The number of fused-ring (bicyclic) bond motifs is 3. The molecule has 13 atom stereocenters. The van der Waals surface area contributed by atoms with Gasteiger partial charge in [-0.1, -0.05) is 38.7 Å². The molecule has 1 heterocycles. The number of hydrogen-bond donors (Lipinski definition) is 5. The Morgan fingerprint density at radius 1 is 0.513 bits per heavy atom. The quantitative estimate of drug-likeness (QED) is 0.0125. The van der Waals surface area contributed by atoms with Crippen LogP contribution in [0.25, 0.3) is 0 Å². The van der Waals surface area contributed by atoms with Crippen molar-refractivity contribution in [1.82, 2.24) is 16.0 Å². The number of hydrogen-bond acceptors (Lipinski definition) is 29. The number of alkyl carbamates (subject to hydrolysis) is 1. The largest absolute Gasteiger partial charge is 0.460 e. The predicted octanol–water partition coefficient (Wildman–Crippen LogP) is 9.32. The molecule has 3 rings (SSSR count). The third-order valence-electron chi connectivity index (χ3n) is 18.4. The van der Waals surface area contributed by atoms with Crippen LogP contribution in [-0.4, -0.2) is 198 Å². The van der Waals surface area contributed by atoms with Gasteiger partial charge in [0, 0.05) is 76.7 Å². The van der Waals surface area contributed by atoms with Crippen molar-refractivity contribution in [2.45, 2.75) is 388 Å².